The first-order chi connectivity index (χ1) is 8.11. The SMILES string of the molecule is COc1ccc(Br)c(-c2nnc(C(C)C)o2)c1. The summed E-state index contributed by atoms with van der Waals surface area (Å²) in [5.41, 5.74) is 0.837. The van der Waals surface area contributed by atoms with Crippen molar-refractivity contribution in [2.75, 3.05) is 7.11 Å². The molecule has 1 aromatic heterocycles. The third kappa shape index (κ3) is 2.49. The maximum atomic E-state index is 5.60. The molecule has 5 heteroatoms. The van der Waals surface area contributed by atoms with Crippen LogP contribution in [-0.4, -0.2) is 17.3 Å². The summed E-state index contributed by atoms with van der Waals surface area (Å²) < 4.78 is 11.7. The third-order valence-corrected chi connectivity index (χ3v) is 3.03. The minimum atomic E-state index is 0.223. The number of hydrogen-bond acceptors (Lipinski definition) is 4. The first-order valence-corrected chi connectivity index (χ1v) is 6.08. The smallest absolute Gasteiger partial charge is 0.249 e. The van der Waals surface area contributed by atoms with E-state index in [-0.39, 0.29) is 5.92 Å². The predicted molar refractivity (Wildman–Crippen MR) is 68.1 cm³/mol. The molecule has 1 heterocycles. The lowest BCUT2D eigenvalue weighted by atomic mass is 10.2. The summed E-state index contributed by atoms with van der Waals surface area (Å²) in [6, 6.07) is 5.63. The summed E-state index contributed by atoms with van der Waals surface area (Å²) in [7, 11) is 1.63. The van der Waals surface area contributed by atoms with E-state index in [2.05, 4.69) is 26.1 Å². The van der Waals surface area contributed by atoms with Crippen molar-refractivity contribution in [2.24, 2.45) is 0 Å². The number of hydrogen-bond donors (Lipinski definition) is 0. The summed E-state index contributed by atoms with van der Waals surface area (Å²) >= 11 is 3.46. The molecule has 1 aromatic carbocycles. The van der Waals surface area contributed by atoms with Crippen LogP contribution >= 0.6 is 15.9 Å². The van der Waals surface area contributed by atoms with Gasteiger partial charge in [0, 0.05) is 10.4 Å². The van der Waals surface area contributed by atoms with Crippen molar-refractivity contribution >= 4 is 15.9 Å². The molecule has 0 aliphatic carbocycles. The van der Waals surface area contributed by atoms with Crippen LogP contribution in [0.15, 0.2) is 27.1 Å². The van der Waals surface area contributed by atoms with Crippen molar-refractivity contribution in [2.45, 2.75) is 19.8 Å². The number of methoxy groups -OCH3 is 1. The van der Waals surface area contributed by atoms with Gasteiger partial charge in [0.1, 0.15) is 5.75 Å². The van der Waals surface area contributed by atoms with E-state index in [4.69, 9.17) is 9.15 Å². The Morgan fingerprint density at radius 1 is 1.29 bits per heavy atom. The molecule has 0 fully saturated rings. The zero-order valence-electron chi connectivity index (χ0n) is 9.90. The lowest BCUT2D eigenvalue weighted by Gasteiger charge is -2.03. The number of ether oxygens (including phenoxy) is 1. The molecular formula is C12H13BrN2O2. The highest BCUT2D eigenvalue weighted by atomic mass is 79.9. The van der Waals surface area contributed by atoms with Crippen LogP contribution in [0.4, 0.5) is 0 Å². The van der Waals surface area contributed by atoms with Gasteiger partial charge in [-0.2, -0.15) is 0 Å². The lowest BCUT2D eigenvalue weighted by molar-refractivity contribution is 0.414. The Kier molecular flexibility index (Phi) is 3.47. The van der Waals surface area contributed by atoms with Gasteiger partial charge in [-0.15, -0.1) is 10.2 Å². The number of aromatic nitrogens is 2. The second kappa shape index (κ2) is 4.87. The molecule has 0 aliphatic heterocycles. The van der Waals surface area contributed by atoms with Gasteiger partial charge < -0.3 is 9.15 Å². The van der Waals surface area contributed by atoms with Crippen molar-refractivity contribution in [1.29, 1.82) is 0 Å². The Morgan fingerprint density at radius 2 is 2.06 bits per heavy atom. The largest absolute Gasteiger partial charge is 0.497 e. The van der Waals surface area contributed by atoms with E-state index in [1.54, 1.807) is 7.11 Å². The van der Waals surface area contributed by atoms with E-state index < -0.39 is 0 Å². The van der Waals surface area contributed by atoms with Crippen LogP contribution < -0.4 is 4.74 Å². The minimum Gasteiger partial charge on any atom is -0.497 e. The zero-order valence-corrected chi connectivity index (χ0v) is 11.5. The highest BCUT2D eigenvalue weighted by molar-refractivity contribution is 9.10. The molecule has 0 unspecified atom stereocenters. The average Bonchev–Trinajstić information content (AvgIpc) is 2.79. The van der Waals surface area contributed by atoms with Crippen molar-refractivity contribution in [1.82, 2.24) is 10.2 Å². The van der Waals surface area contributed by atoms with Gasteiger partial charge in [0.15, 0.2) is 0 Å². The molecule has 0 N–H and O–H groups in total. The van der Waals surface area contributed by atoms with E-state index in [1.807, 2.05) is 32.0 Å². The Morgan fingerprint density at radius 3 is 2.65 bits per heavy atom. The normalized spacial score (nSPS) is 10.9. The van der Waals surface area contributed by atoms with Crippen LogP contribution in [0.2, 0.25) is 0 Å². The molecule has 0 atom stereocenters. The van der Waals surface area contributed by atoms with Gasteiger partial charge in [-0.1, -0.05) is 13.8 Å². The maximum Gasteiger partial charge on any atom is 0.249 e. The van der Waals surface area contributed by atoms with Gasteiger partial charge in [0.2, 0.25) is 11.8 Å². The molecule has 2 rings (SSSR count). The molecule has 0 amide bonds. The summed E-state index contributed by atoms with van der Waals surface area (Å²) in [6.07, 6.45) is 0. The van der Waals surface area contributed by atoms with Crippen molar-refractivity contribution in [3.8, 4) is 17.2 Å². The van der Waals surface area contributed by atoms with E-state index in [0.29, 0.717) is 11.8 Å². The predicted octanol–water partition coefficient (Wildman–Crippen LogP) is 3.63. The second-order valence-corrected chi connectivity index (χ2v) is 4.80. The monoisotopic (exact) mass is 296 g/mol. The first kappa shape index (κ1) is 12.1. The fourth-order valence-electron chi connectivity index (χ4n) is 1.37. The van der Waals surface area contributed by atoms with E-state index in [1.165, 1.54) is 0 Å². The number of halogens is 1. The molecule has 0 spiro atoms. The van der Waals surface area contributed by atoms with Crippen LogP contribution in [0.3, 0.4) is 0 Å². The molecule has 17 heavy (non-hydrogen) atoms. The highest BCUT2D eigenvalue weighted by Crippen LogP contribution is 2.31. The van der Waals surface area contributed by atoms with Crippen LogP contribution in [0.5, 0.6) is 5.75 Å². The molecule has 2 aromatic rings. The van der Waals surface area contributed by atoms with Gasteiger partial charge >= 0.3 is 0 Å². The van der Waals surface area contributed by atoms with E-state index in [9.17, 15) is 0 Å². The third-order valence-electron chi connectivity index (χ3n) is 2.34. The minimum absolute atomic E-state index is 0.223. The lowest BCUT2D eigenvalue weighted by Crippen LogP contribution is -1.85. The summed E-state index contributed by atoms with van der Waals surface area (Å²) in [6.45, 7) is 4.02. The molecule has 0 bridgehead atoms. The van der Waals surface area contributed by atoms with E-state index >= 15 is 0 Å². The fourth-order valence-corrected chi connectivity index (χ4v) is 1.79. The van der Waals surface area contributed by atoms with Crippen LogP contribution in [0.25, 0.3) is 11.5 Å². The molecule has 4 nitrogen and oxygen atoms in total. The average molecular weight is 297 g/mol. The number of nitrogens with zero attached hydrogens (tertiary/aromatic N) is 2. The summed E-state index contributed by atoms with van der Waals surface area (Å²) in [5.74, 6) is 2.11. The second-order valence-electron chi connectivity index (χ2n) is 3.95. The quantitative estimate of drug-likeness (QED) is 0.868. The Balaban J connectivity index is 2.44. The Bertz CT molecular complexity index is 523. The van der Waals surface area contributed by atoms with Crippen LogP contribution in [0, 0.1) is 0 Å². The number of benzene rings is 1. The summed E-state index contributed by atoms with van der Waals surface area (Å²) in [4.78, 5) is 0. The van der Waals surface area contributed by atoms with Gasteiger partial charge in [0.05, 0.1) is 12.7 Å². The molecular weight excluding hydrogens is 284 g/mol. The van der Waals surface area contributed by atoms with Gasteiger partial charge in [-0.3, -0.25) is 0 Å². The molecule has 0 aliphatic rings. The van der Waals surface area contributed by atoms with Crippen LogP contribution in [-0.2, 0) is 0 Å². The topological polar surface area (TPSA) is 48.2 Å². The molecule has 0 saturated carbocycles. The molecule has 0 radical (unpaired) electrons. The van der Waals surface area contributed by atoms with Gasteiger partial charge in [-0.05, 0) is 34.1 Å². The Hall–Kier alpha value is -1.36. The van der Waals surface area contributed by atoms with Crippen molar-refractivity contribution < 1.29 is 9.15 Å². The maximum absolute atomic E-state index is 5.60. The van der Waals surface area contributed by atoms with Crippen LogP contribution in [0.1, 0.15) is 25.7 Å². The summed E-state index contributed by atoms with van der Waals surface area (Å²) in [5, 5.41) is 8.05. The zero-order chi connectivity index (χ0) is 12.4. The van der Waals surface area contributed by atoms with Crippen molar-refractivity contribution in [3.63, 3.8) is 0 Å². The standard InChI is InChI=1S/C12H13BrN2O2/c1-7(2)11-14-15-12(17-11)9-6-8(16-3)4-5-10(9)13/h4-7H,1-3H3. The molecule has 0 saturated heterocycles. The Labute approximate surface area is 108 Å². The van der Waals surface area contributed by atoms with Crippen molar-refractivity contribution in [3.05, 3.63) is 28.6 Å². The first-order valence-electron chi connectivity index (χ1n) is 5.29. The number of rotatable bonds is 3. The van der Waals surface area contributed by atoms with E-state index in [0.717, 1.165) is 15.8 Å². The highest BCUT2D eigenvalue weighted by Gasteiger charge is 2.14. The molecule has 90 valence electrons. The van der Waals surface area contributed by atoms with Gasteiger partial charge in [-0.25, -0.2) is 0 Å². The fraction of sp³-hybridized carbons (Fsp3) is 0.333. The van der Waals surface area contributed by atoms with Gasteiger partial charge in [0.25, 0.3) is 0 Å².